The fourth-order valence-corrected chi connectivity index (χ4v) is 2.04. The number of rotatable bonds is 5. The molecule has 1 aliphatic rings. The van der Waals surface area contributed by atoms with E-state index >= 15 is 0 Å². The molecule has 0 saturated heterocycles. The molecule has 0 radical (unpaired) electrons. The number of alkyl carbamates (subject to hydrolysis) is 1. The lowest BCUT2D eigenvalue weighted by molar-refractivity contribution is -0.118. The monoisotopic (exact) mass is 256 g/mol. The molecular weight excluding hydrogens is 232 g/mol. The lowest BCUT2D eigenvalue weighted by Gasteiger charge is -2.30. The van der Waals surface area contributed by atoms with Crippen LogP contribution in [0, 0.1) is 5.92 Å². The minimum absolute atomic E-state index is 0.176. The fraction of sp³-hybridized carbons (Fsp3) is 0.846. The molecule has 5 heteroatoms. The first-order chi connectivity index (χ1) is 8.26. The molecule has 0 aromatic heterocycles. The van der Waals surface area contributed by atoms with Crippen LogP contribution < -0.4 is 11.1 Å². The molecule has 104 valence electrons. The largest absolute Gasteiger partial charge is 0.444 e. The van der Waals surface area contributed by atoms with Crippen LogP contribution in [-0.4, -0.2) is 23.6 Å². The van der Waals surface area contributed by atoms with Gasteiger partial charge in [0.25, 0.3) is 0 Å². The Balaban J connectivity index is 2.43. The Morgan fingerprint density at radius 2 is 2.00 bits per heavy atom. The maximum atomic E-state index is 11.7. The van der Waals surface area contributed by atoms with Gasteiger partial charge in [-0.05, 0) is 33.1 Å². The summed E-state index contributed by atoms with van der Waals surface area (Å²) < 4.78 is 5.18. The first kappa shape index (κ1) is 14.8. The molecule has 0 aliphatic heterocycles. The third-order valence-electron chi connectivity index (χ3n) is 3.01. The topological polar surface area (TPSA) is 81.4 Å². The average Bonchev–Trinajstić information content (AvgIpc) is 2.06. The van der Waals surface area contributed by atoms with Crippen molar-refractivity contribution in [3.05, 3.63) is 0 Å². The molecule has 0 aromatic carbocycles. The summed E-state index contributed by atoms with van der Waals surface area (Å²) in [6.07, 6.45) is 4.09. The van der Waals surface area contributed by atoms with Crippen LogP contribution in [0.4, 0.5) is 4.79 Å². The molecule has 18 heavy (non-hydrogen) atoms. The Morgan fingerprint density at radius 1 is 1.39 bits per heavy atom. The predicted molar refractivity (Wildman–Crippen MR) is 68.9 cm³/mol. The van der Waals surface area contributed by atoms with Crippen molar-refractivity contribution in [1.29, 1.82) is 0 Å². The Morgan fingerprint density at radius 3 is 2.39 bits per heavy atom. The second-order valence-corrected chi connectivity index (χ2v) is 6.05. The van der Waals surface area contributed by atoms with E-state index in [-0.39, 0.29) is 12.5 Å². The highest BCUT2D eigenvalue weighted by Crippen LogP contribution is 2.31. The SMILES string of the molecule is CC(C)(C)OC(=O)N[C@@H](CC(N)=O)CC1CCC1. The summed E-state index contributed by atoms with van der Waals surface area (Å²) in [5.74, 6) is 0.208. The summed E-state index contributed by atoms with van der Waals surface area (Å²) in [5, 5.41) is 2.74. The van der Waals surface area contributed by atoms with E-state index in [0.717, 1.165) is 6.42 Å². The van der Waals surface area contributed by atoms with Gasteiger partial charge in [0.05, 0.1) is 0 Å². The summed E-state index contributed by atoms with van der Waals surface area (Å²) in [7, 11) is 0. The van der Waals surface area contributed by atoms with Gasteiger partial charge in [0.2, 0.25) is 5.91 Å². The number of ether oxygens (including phenoxy) is 1. The van der Waals surface area contributed by atoms with E-state index < -0.39 is 17.6 Å². The maximum absolute atomic E-state index is 11.7. The van der Waals surface area contributed by atoms with Crippen molar-refractivity contribution in [3.63, 3.8) is 0 Å². The summed E-state index contributed by atoms with van der Waals surface area (Å²) >= 11 is 0. The molecule has 0 bridgehead atoms. The van der Waals surface area contributed by atoms with Crippen molar-refractivity contribution >= 4 is 12.0 Å². The predicted octanol–water partition coefficient (Wildman–Crippen LogP) is 1.95. The van der Waals surface area contributed by atoms with Crippen molar-refractivity contribution in [2.75, 3.05) is 0 Å². The van der Waals surface area contributed by atoms with E-state index in [2.05, 4.69) is 5.32 Å². The van der Waals surface area contributed by atoms with E-state index in [0.29, 0.717) is 5.92 Å². The fourth-order valence-electron chi connectivity index (χ4n) is 2.04. The molecule has 2 amide bonds. The van der Waals surface area contributed by atoms with Crippen molar-refractivity contribution < 1.29 is 14.3 Å². The smallest absolute Gasteiger partial charge is 0.407 e. The first-order valence-corrected chi connectivity index (χ1v) is 6.54. The molecule has 0 aromatic rings. The third-order valence-corrected chi connectivity index (χ3v) is 3.01. The Bertz CT molecular complexity index is 306. The number of nitrogens with two attached hydrogens (primary N) is 1. The minimum Gasteiger partial charge on any atom is -0.444 e. The molecule has 1 atom stereocenters. The van der Waals surface area contributed by atoms with Crippen LogP contribution in [0.25, 0.3) is 0 Å². The van der Waals surface area contributed by atoms with Gasteiger partial charge in [0.15, 0.2) is 0 Å². The third kappa shape index (κ3) is 5.89. The van der Waals surface area contributed by atoms with E-state index in [1.54, 1.807) is 0 Å². The molecule has 1 fully saturated rings. The average molecular weight is 256 g/mol. The molecule has 1 rings (SSSR count). The van der Waals surface area contributed by atoms with E-state index in [1.807, 2.05) is 20.8 Å². The van der Waals surface area contributed by atoms with Crippen molar-refractivity contribution in [2.45, 2.75) is 64.5 Å². The Labute approximate surface area is 108 Å². The standard InChI is InChI=1S/C13H24N2O3/c1-13(2,3)18-12(17)15-10(8-11(14)16)7-9-5-4-6-9/h9-10H,4-8H2,1-3H3,(H2,14,16)(H,15,17)/t10-/m1/s1. The lowest BCUT2D eigenvalue weighted by atomic mass is 9.80. The molecular formula is C13H24N2O3. The molecule has 0 heterocycles. The second kappa shape index (κ2) is 6.07. The maximum Gasteiger partial charge on any atom is 0.407 e. The Kier molecular flexibility index (Phi) is 4.99. The van der Waals surface area contributed by atoms with Crippen LogP contribution in [0.1, 0.15) is 52.9 Å². The van der Waals surface area contributed by atoms with E-state index in [9.17, 15) is 9.59 Å². The molecule has 1 saturated carbocycles. The van der Waals surface area contributed by atoms with Crippen LogP contribution >= 0.6 is 0 Å². The zero-order valence-electron chi connectivity index (χ0n) is 11.5. The molecule has 1 aliphatic carbocycles. The van der Waals surface area contributed by atoms with Crippen LogP contribution in [0.5, 0.6) is 0 Å². The van der Waals surface area contributed by atoms with Crippen molar-refractivity contribution in [1.82, 2.24) is 5.32 Å². The number of hydrogen-bond acceptors (Lipinski definition) is 3. The highest BCUT2D eigenvalue weighted by molar-refractivity contribution is 5.76. The van der Waals surface area contributed by atoms with E-state index in [4.69, 9.17) is 10.5 Å². The van der Waals surface area contributed by atoms with Crippen molar-refractivity contribution in [3.8, 4) is 0 Å². The van der Waals surface area contributed by atoms with Gasteiger partial charge in [0.1, 0.15) is 5.60 Å². The normalized spacial score (nSPS) is 17.7. The van der Waals surface area contributed by atoms with Gasteiger partial charge in [-0.15, -0.1) is 0 Å². The zero-order chi connectivity index (χ0) is 13.8. The van der Waals surface area contributed by atoms with E-state index in [1.165, 1.54) is 19.3 Å². The number of nitrogens with one attached hydrogen (secondary N) is 1. The summed E-state index contributed by atoms with van der Waals surface area (Å²) in [6, 6.07) is -0.206. The number of amides is 2. The van der Waals surface area contributed by atoms with Gasteiger partial charge in [0, 0.05) is 12.5 Å². The van der Waals surface area contributed by atoms with Gasteiger partial charge >= 0.3 is 6.09 Å². The molecule has 0 spiro atoms. The summed E-state index contributed by atoms with van der Waals surface area (Å²) in [4.78, 5) is 22.6. The van der Waals surface area contributed by atoms with Gasteiger partial charge in [-0.3, -0.25) is 4.79 Å². The zero-order valence-corrected chi connectivity index (χ0v) is 11.5. The number of primary amides is 1. The summed E-state index contributed by atoms with van der Waals surface area (Å²) in [6.45, 7) is 5.42. The number of carbonyl (C=O) groups excluding carboxylic acids is 2. The number of carbonyl (C=O) groups is 2. The van der Waals surface area contributed by atoms with Gasteiger partial charge in [-0.1, -0.05) is 19.3 Å². The first-order valence-electron chi connectivity index (χ1n) is 6.54. The van der Waals surface area contributed by atoms with Crippen LogP contribution in [0.2, 0.25) is 0 Å². The van der Waals surface area contributed by atoms with Gasteiger partial charge in [-0.2, -0.15) is 0 Å². The number of hydrogen-bond donors (Lipinski definition) is 2. The van der Waals surface area contributed by atoms with Crippen LogP contribution in [0.3, 0.4) is 0 Å². The highest BCUT2D eigenvalue weighted by atomic mass is 16.6. The molecule has 5 nitrogen and oxygen atoms in total. The Hall–Kier alpha value is -1.26. The quantitative estimate of drug-likeness (QED) is 0.788. The second-order valence-electron chi connectivity index (χ2n) is 6.05. The minimum atomic E-state index is -0.530. The van der Waals surface area contributed by atoms with Crippen LogP contribution in [-0.2, 0) is 9.53 Å². The molecule has 3 N–H and O–H groups in total. The lowest BCUT2D eigenvalue weighted by Crippen LogP contribution is -2.42. The summed E-state index contributed by atoms with van der Waals surface area (Å²) in [5.41, 5.74) is 4.67. The highest BCUT2D eigenvalue weighted by Gasteiger charge is 2.26. The molecule has 0 unspecified atom stereocenters. The van der Waals surface area contributed by atoms with Gasteiger partial charge in [-0.25, -0.2) is 4.79 Å². The van der Waals surface area contributed by atoms with Crippen LogP contribution in [0.15, 0.2) is 0 Å². The van der Waals surface area contributed by atoms with Gasteiger partial charge < -0.3 is 15.8 Å². The van der Waals surface area contributed by atoms with Crippen molar-refractivity contribution in [2.24, 2.45) is 11.7 Å².